The summed E-state index contributed by atoms with van der Waals surface area (Å²) in [5.74, 6) is -0.0754. The number of quaternary nitrogens is 1. The van der Waals surface area contributed by atoms with Crippen molar-refractivity contribution < 1.29 is 38.0 Å². The number of halogens is 1. The first-order valence-corrected chi connectivity index (χ1v) is 5.57. The minimum Gasteiger partial charge on any atom is -1.00 e. The van der Waals surface area contributed by atoms with Crippen LogP contribution in [0.4, 0.5) is 0 Å². The molecule has 0 unspecified atom stereocenters. The molecule has 1 saturated heterocycles. The van der Waals surface area contributed by atoms with Crippen LogP contribution in [0.1, 0.15) is 32.1 Å². The van der Waals surface area contributed by atoms with Crippen molar-refractivity contribution in [2.45, 2.75) is 32.1 Å². The van der Waals surface area contributed by atoms with Gasteiger partial charge in [0.05, 0.1) is 40.2 Å². The number of methoxy groups -OCH3 is 1. The van der Waals surface area contributed by atoms with E-state index in [-0.39, 0.29) is 29.9 Å². The molecule has 0 saturated carbocycles. The summed E-state index contributed by atoms with van der Waals surface area (Å²) in [5.41, 5.74) is 0. The summed E-state index contributed by atoms with van der Waals surface area (Å²) >= 11 is 0. The van der Waals surface area contributed by atoms with Crippen molar-refractivity contribution >= 4 is 5.97 Å². The number of ether oxygens (including phenoxy) is 1. The van der Waals surface area contributed by atoms with Crippen molar-refractivity contribution in [3.8, 4) is 0 Å². The summed E-state index contributed by atoms with van der Waals surface area (Å²) in [4.78, 5) is 10.9. The first-order chi connectivity index (χ1) is 6.66. The number of hydrogen-bond acceptors (Lipinski definition) is 2. The van der Waals surface area contributed by atoms with Crippen LogP contribution in [0.5, 0.6) is 0 Å². The Labute approximate surface area is 110 Å². The Morgan fingerprint density at radius 1 is 1.27 bits per heavy atom. The van der Waals surface area contributed by atoms with Crippen LogP contribution >= 0.6 is 0 Å². The van der Waals surface area contributed by atoms with Gasteiger partial charge in [0, 0.05) is 6.42 Å². The van der Waals surface area contributed by atoms with Crippen LogP contribution in [0, 0.1) is 0 Å². The third-order valence-electron chi connectivity index (χ3n) is 3.20. The second-order valence-corrected chi connectivity index (χ2v) is 4.53. The van der Waals surface area contributed by atoms with E-state index in [1.54, 1.807) is 0 Å². The van der Waals surface area contributed by atoms with Gasteiger partial charge in [-0.05, 0) is 19.3 Å². The number of carbonyl (C=O) groups is 1. The highest BCUT2D eigenvalue weighted by molar-refractivity contribution is 5.68. The van der Waals surface area contributed by atoms with Crippen LogP contribution in [-0.2, 0) is 9.53 Å². The zero-order valence-corrected chi connectivity index (χ0v) is 12.0. The van der Waals surface area contributed by atoms with Gasteiger partial charge in [-0.25, -0.2) is 0 Å². The summed E-state index contributed by atoms with van der Waals surface area (Å²) in [6.45, 7) is 3.68. The maximum absolute atomic E-state index is 10.9. The summed E-state index contributed by atoms with van der Waals surface area (Å²) < 4.78 is 5.78. The first-order valence-electron chi connectivity index (χ1n) is 5.57. The highest BCUT2D eigenvalue weighted by Crippen LogP contribution is 2.17. The van der Waals surface area contributed by atoms with Crippen molar-refractivity contribution in [2.24, 2.45) is 0 Å². The second kappa shape index (κ2) is 7.44. The summed E-state index contributed by atoms with van der Waals surface area (Å²) in [6.07, 6.45) is 5.60. The summed E-state index contributed by atoms with van der Waals surface area (Å²) in [6, 6.07) is 0. The molecule has 0 aliphatic carbocycles. The fraction of sp³-hybridized carbons (Fsp3) is 0.909. The molecule has 0 aromatic heterocycles. The van der Waals surface area contributed by atoms with Crippen LogP contribution in [0.2, 0.25) is 0 Å². The molecule has 1 heterocycles. The topological polar surface area (TPSA) is 26.3 Å². The van der Waals surface area contributed by atoms with Crippen molar-refractivity contribution in [1.82, 2.24) is 0 Å². The largest absolute Gasteiger partial charge is 1.00 e. The highest BCUT2D eigenvalue weighted by Gasteiger charge is 2.24. The second-order valence-electron chi connectivity index (χ2n) is 4.53. The highest BCUT2D eigenvalue weighted by atomic mass is 127. The lowest BCUT2D eigenvalue weighted by Crippen LogP contribution is -3.00. The quantitative estimate of drug-likeness (QED) is 0.360. The molecule has 0 aromatic rings. The molecular formula is C11H22INO2. The lowest BCUT2D eigenvalue weighted by atomic mass is 10.1. The number of carbonyl (C=O) groups excluding carboxylic acids is 1. The van der Waals surface area contributed by atoms with Gasteiger partial charge in [0.25, 0.3) is 0 Å². The van der Waals surface area contributed by atoms with Crippen molar-refractivity contribution in [2.75, 3.05) is 33.8 Å². The average molecular weight is 327 g/mol. The zero-order chi connectivity index (χ0) is 10.4. The molecule has 0 bridgehead atoms. The van der Waals surface area contributed by atoms with Crippen LogP contribution in [0.15, 0.2) is 0 Å². The van der Waals surface area contributed by atoms with E-state index < -0.39 is 0 Å². The van der Waals surface area contributed by atoms with Gasteiger partial charge in [0.15, 0.2) is 0 Å². The number of piperidine rings is 1. The van der Waals surface area contributed by atoms with Gasteiger partial charge in [0.2, 0.25) is 0 Å². The summed E-state index contributed by atoms with van der Waals surface area (Å²) in [7, 11) is 3.76. The van der Waals surface area contributed by atoms with E-state index in [9.17, 15) is 4.79 Å². The molecule has 15 heavy (non-hydrogen) atoms. The van der Waals surface area contributed by atoms with Gasteiger partial charge in [-0.15, -0.1) is 0 Å². The standard InChI is InChI=1S/C11H22NO2.HI/c1-12(8-4-3-5-9-12)10-6-7-11(13)14-2;/h3-10H2,1-2H3;1H/q+1;/p-1. The van der Waals surface area contributed by atoms with Gasteiger partial charge in [-0.1, -0.05) is 0 Å². The fourth-order valence-electron chi connectivity index (χ4n) is 2.21. The Kier molecular flexibility index (Phi) is 7.52. The van der Waals surface area contributed by atoms with E-state index in [1.165, 1.54) is 39.5 Å². The molecule has 0 amide bonds. The molecule has 0 spiro atoms. The molecule has 1 aliphatic rings. The van der Waals surface area contributed by atoms with Crippen LogP contribution in [-0.4, -0.2) is 44.2 Å². The molecule has 0 radical (unpaired) electrons. The molecule has 1 rings (SSSR count). The molecule has 0 aromatic carbocycles. The van der Waals surface area contributed by atoms with E-state index in [0.29, 0.717) is 6.42 Å². The lowest BCUT2D eigenvalue weighted by molar-refractivity contribution is -0.914. The maximum Gasteiger partial charge on any atom is 0.305 e. The normalized spacial score (nSPS) is 19.1. The number of nitrogens with zero attached hydrogens (tertiary/aromatic N) is 1. The molecule has 3 nitrogen and oxygen atoms in total. The monoisotopic (exact) mass is 327 g/mol. The third kappa shape index (κ3) is 5.70. The Morgan fingerprint density at radius 3 is 2.40 bits per heavy atom. The molecule has 0 N–H and O–H groups in total. The number of likely N-dealkylation sites (tertiary alicyclic amines) is 1. The first kappa shape index (κ1) is 15.2. The predicted molar refractivity (Wildman–Crippen MR) is 55.9 cm³/mol. The van der Waals surface area contributed by atoms with Crippen molar-refractivity contribution in [3.05, 3.63) is 0 Å². The average Bonchev–Trinajstić information content (AvgIpc) is 2.18. The Hall–Kier alpha value is 0.160. The van der Waals surface area contributed by atoms with E-state index in [2.05, 4.69) is 11.8 Å². The molecule has 1 fully saturated rings. The number of hydrogen-bond donors (Lipinski definition) is 0. The Balaban J connectivity index is 0.00000196. The summed E-state index contributed by atoms with van der Waals surface area (Å²) in [5, 5.41) is 0. The molecule has 1 aliphatic heterocycles. The molecule has 4 heteroatoms. The maximum atomic E-state index is 10.9. The minimum atomic E-state index is -0.0754. The number of rotatable bonds is 4. The van der Waals surface area contributed by atoms with E-state index in [4.69, 9.17) is 0 Å². The van der Waals surface area contributed by atoms with Gasteiger partial charge < -0.3 is 33.2 Å². The van der Waals surface area contributed by atoms with E-state index in [0.717, 1.165) is 17.4 Å². The van der Waals surface area contributed by atoms with Crippen LogP contribution in [0.25, 0.3) is 0 Å². The smallest absolute Gasteiger partial charge is 0.305 e. The Morgan fingerprint density at radius 2 is 1.87 bits per heavy atom. The zero-order valence-electron chi connectivity index (χ0n) is 9.80. The third-order valence-corrected chi connectivity index (χ3v) is 3.20. The van der Waals surface area contributed by atoms with Gasteiger partial charge in [0.1, 0.15) is 0 Å². The van der Waals surface area contributed by atoms with E-state index in [1.807, 2.05) is 0 Å². The SMILES string of the molecule is COC(=O)CCC[N+]1(C)CCCCC1.[I-]. The predicted octanol–water partition coefficient (Wildman–Crippen LogP) is -1.43. The van der Waals surface area contributed by atoms with Gasteiger partial charge in [-0.3, -0.25) is 4.79 Å². The molecule has 90 valence electrons. The van der Waals surface area contributed by atoms with Crippen molar-refractivity contribution in [3.63, 3.8) is 0 Å². The van der Waals surface area contributed by atoms with Crippen LogP contribution < -0.4 is 24.0 Å². The number of esters is 1. The van der Waals surface area contributed by atoms with Crippen molar-refractivity contribution in [1.29, 1.82) is 0 Å². The van der Waals surface area contributed by atoms with Gasteiger partial charge >= 0.3 is 5.97 Å². The minimum absolute atomic E-state index is 0. The van der Waals surface area contributed by atoms with Gasteiger partial charge in [-0.2, -0.15) is 0 Å². The lowest BCUT2D eigenvalue weighted by Gasteiger charge is -2.37. The van der Waals surface area contributed by atoms with E-state index >= 15 is 0 Å². The molecular weight excluding hydrogens is 305 g/mol. The fourth-order valence-corrected chi connectivity index (χ4v) is 2.21. The molecule has 0 atom stereocenters. The van der Waals surface area contributed by atoms with Crippen LogP contribution in [0.3, 0.4) is 0 Å². The Bertz CT molecular complexity index is 191.